The SMILES string of the molecule is CC1CC2CC(Cl)CCC2N2CCC(=O)C=C12. The number of fused-ring (bicyclic) bond motifs is 3. The fourth-order valence-corrected chi connectivity index (χ4v) is 4.25. The van der Waals surface area contributed by atoms with Gasteiger partial charge in [0, 0.05) is 36.2 Å². The Hall–Kier alpha value is -0.500. The predicted octanol–water partition coefficient (Wildman–Crippen LogP) is 2.96. The second kappa shape index (κ2) is 4.31. The summed E-state index contributed by atoms with van der Waals surface area (Å²) in [6.45, 7) is 3.19. The van der Waals surface area contributed by atoms with Crippen LogP contribution in [0.15, 0.2) is 11.8 Å². The molecule has 1 aliphatic carbocycles. The van der Waals surface area contributed by atoms with E-state index >= 15 is 0 Å². The molecule has 0 bridgehead atoms. The van der Waals surface area contributed by atoms with Crippen molar-refractivity contribution in [1.82, 2.24) is 4.90 Å². The van der Waals surface area contributed by atoms with E-state index in [2.05, 4.69) is 11.8 Å². The molecule has 3 aliphatic rings. The quantitative estimate of drug-likeness (QED) is 0.619. The summed E-state index contributed by atoms with van der Waals surface area (Å²) in [6.07, 6.45) is 7.31. The molecule has 3 rings (SSSR count). The van der Waals surface area contributed by atoms with Gasteiger partial charge in [-0.3, -0.25) is 4.79 Å². The van der Waals surface area contributed by atoms with Crippen LogP contribution < -0.4 is 0 Å². The summed E-state index contributed by atoms with van der Waals surface area (Å²) in [5.41, 5.74) is 1.30. The number of alkyl halides is 1. The lowest BCUT2D eigenvalue weighted by molar-refractivity contribution is -0.116. The highest BCUT2D eigenvalue weighted by Gasteiger charge is 2.41. The molecule has 4 unspecified atom stereocenters. The Morgan fingerprint density at radius 2 is 2.18 bits per heavy atom. The zero-order chi connectivity index (χ0) is 12.0. The molecule has 94 valence electrons. The number of piperidine rings is 1. The van der Waals surface area contributed by atoms with Crippen LogP contribution in [0.1, 0.15) is 39.0 Å². The molecule has 1 saturated heterocycles. The zero-order valence-corrected chi connectivity index (χ0v) is 11.1. The minimum Gasteiger partial charge on any atom is -0.371 e. The van der Waals surface area contributed by atoms with E-state index in [1.807, 2.05) is 6.08 Å². The molecule has 17 heavy (non-hydrogen) atoms. The highest BCUT2D eigenvalue weighted by Crippen LogP contribution is 2.44. The van der Waals surface area contributed by atoms with E-state index in [-0.39, 0.29) is 0 Å². The van der Waals surface area contributed by atoms with Gasteiger partial charge in [0.25, 0.3) is 0 Å². The fraction of sp³-hybridized carbons (Fsp3) is 0.786. The second-order valence-electron chi connectivity index (χ2n) is 5.85. The third-order valence-corrected chi connectivity index (χ3v) is 5.08. The Labute approximate surface area is 108 Å². The molecule has 0 spiro atoms. The van der Waals surface area contributed by atoms with Crippen molar-refractivity contribution in [2.75, 3.05) is 6.54 Å². The minimum absolute atomic E-state index is 0.313. The molecule has 0 aromatic carbocycles. The van der Waals surface area contributed by atoms with Gasteiger partial charge in [-0.1, -0.05) is 6.92 Å². The van der Waals surface area contributed by atoms with Gasteiger partial charge in [-0.2, -0.15) is 0 Å². The third-order valence-electron chi connectivity index (χ3n) is 4.68. The summed E-state index contributed by atoms with van der Waals surface area (Å²) in [4.78, 5) is 14.1. The number of ketones is 1. The number of rotatable bonds is 0. The number of nitrogens with zero attached hydrogens (tertiary/aromatic N) is 1. The molecular weight excluding hydrogens is 234 g/mol. The van der Waals surface area contributed by atoms with Crippen LogP contribution in [0, 0.1) is 11.8 Å². The van der Waals surface area contributed by atoms with E-state index in [4.69, 9.17) is 11.6 Å². The summed E-state index contributed by atoms with van der Waals surface area (Å²) in [7, 11) is 0. The third kappa shape index (κ3) is 2.01. The van der Waals surface area contributed by atoms with Crippen LogP contribution in [0.4, 0.5) is 0 Å². The van der Waals surface area contributed by atoms with Gasteiger partial charge in [-0.05, 0) is 37.5 Å². The summed E-state index contributed by atoms with van der Waals surface area (Å²) < 4.78 is 0. The van der Waals surface area contributed by atoms with Crippen LogP contribution in [0.3, 0.4) is 0 Å². The molecule has 4 atom stereocenters. The van der Waals surface area contributed by atoms with Gasteiger partial charge < -0.3 is 4.90 Å². The Kier molecular flexibility index (Phi) is 2.94. The molecule has 2 heterocycles. The topological polar surface area (TPSA) is 20.3 Å². The van der Waals surface area contributed by atoms with Crippen molar-refractivity contribution >= 4 is 17.4 Å². The van der Waals surface area contributed by atoms with E-state index in [0.29, 0.717) is 29.5 Å². The lowest BCUT2D eigenvalue weighted by atomic mass is 9.73. The Balaban J connectivity index is 1.87. The lowest BCUT2D eigenvalue weighted by Gasteiger charge is -2.51. The molecule has 3 heteroatoms. The molecular formula is C14H20ClNO. The van der Waals surface area contributed by atoms with Gasteiger partial charge in [0.15, 0.2) is 5.78 Å². The summed E-state index contributed by atoms with van der Waals surface area (Å²) in [5.74, 6) is 1.58. The minimum atomic E-state index is 0.313. The number of carbonyl (C=O) groups excluding carboxylic acids is 1. The highest BCUT2D eigenvalue weighted by atomic mass is 35.5. The molecule has 0 amide bonds. The van der Waals surface area contributed by atoms with E-state index < -0.39 is 0 Å². The number of halogens is 1. The average Bonchev–Trinajstić information content (AvgIpc) is 2.29. The standard InChI is InChI=1S/C14H20ClNO/c1-9-6-10-7-11(15)2-3-13(10)16-5-4-12(17)8-14(9)16/h8-11,13H,2-7H2,1H3. The maximum absolute atomic E-state index is 11.6. The highest BCUT2D eigenvalue weighted by molar-refractivity contribution is 6.20. The molecule has 0 aromatic rings. The first-order valence-electron chi connectivity index (χ1n) is 6.80. The predicted molar refractivity (Wildman–Crippen MR) is 69.0 cm³/mol. The summed E-state index contributed by atoms with van der Waals surface area (Å²) in [6, 6.07) is 0.653. The zero-order valence-electron chi connectivity index (χ0n) is 10.4. The van der Waals surface area contributed by atoms with Gasteiger partial charge in [0.05, 0.1) is 0 Å². The normalized spacial score (nSPS) is 41.6. The van der Waals surface area contributed by atoms with E-state index in [1.165, 1.54) is 18.5 Å². The first-order valence-corrected chi connectivity index (χ1v) is 7.24. The monoisotopic (exact) mass is 253 g/mol. The molecule has 0 N–H and O–H groups in total. The second-order valence-corrected chi connectivity index (χ2v) is 6.47. The van der Waals surface area contributed by atoms with Crippen molar-refractivity contribution in [3.05, 3.63) is 11.8 Å². The maximum atomic E-state index is 11.6. The number of carbonyl (C=O) groups is 1. The van der Waals surface area contributed by atoms with Gasteiger partial charge in [-0.25, -0.2) is 0 Å². The molecule has 1 saturated carbocycles. The Morgan fingerprint density at radius 1 is 1.35 bits per heavy atom. The van der Waals surface area contributed by atoms with Gasteiger partial charge >= 0.3 is 0 Å². The van der Waals surface area contributed by atoms with E-state index in [1.54, 1.807) is 0 Å². The summed E-state index contributed by atoms with van der Waals surface area (Å²) in [5, 5.41) is 0.375. The Bertz CT molecular complexity index is 365. The van der Waals surface area contributed by atoms with Gasteiger partial charge in [0.2, 0.25) is 0 Å². The first kappa shape index (κ1) is 11.6. The smallest absolute Gasteiger partial charge is 0.159 e. The van der Waals surface area contributed by atoms with Crippen molar-refractivity contribution in [2.45, 2.75) is 50.4 Å². The number of hydrogen-bond donors (Lipinski definition) is 0. The molecule has 2 fully saturated rings. The molecule has 0 radical (unpaired) electrons. The van der Waals surface area contributed by atoms with Gasteiger partial charge in [-0.15, -0.1) is 11.6 Å². The number of hydrogen-bond acceptors (Lipinski definition) is 2. The van der Waals surface area contributed by atoms with Crippen LogP contribution in [-0.4, -0.2) is 28.6 Å². The van der Waals surface area contributed by atoms with Crippen LogP contribution in [0.25, 0.3) is 0 Å². The lowest BCUT2D eigenvalue weighted by Crippen LogP contribution is -2.51. The molecule has 2 nitrogen and oxygen atoms in total. The van der Waals surface area contributed by atoms with Crippen molar-refractivity contribution in [2.24, 2.45) is 11.8 Å². The Morgan fingerprint density at radius 3 is 3.00 bits per heavy atom. The number of allylic oxidation sites excluding steroid dienone is 2. The van der Waals surface area contributed by atoms with Crippen molar-refractivity contribution in [3.63, 3.8) is 0 Å². The molecule has 2 aliphatic heterocycles. The summed E-state index contributed by atoms with van der Waals surface area (Å²) >= 11 is 6.30. The van der Waals surface area contributed by atoms with Crippen LogP contribution in [0.2, 0.25) is 0 Å². The van der Waals surface area contributed by atoms with Crippen LogP contribution in [-0.2, 0) is 4.79 Å². The van der Waals surface area contributed by atoms with E-state index in [0.717, 1.165) is 25.3 Å². The maximum Gasteiger partial charge on any atom is 0.159 e. The largest absolute Gasteiger partial charge is 0.371 e. The van der Waals surface area contributed by atoms with Gasteiger partial charge in [0.1, 0.15) is 0 Å². The first-order chi connectivity index (χ1) is 8.15. The molecule has 0 aromatic heterocycles. The van der Waals surface area contributed by atoms with Crippen molar-refractivity contribution < 1.29 is 4.79 Å². The van der Waals surface area contributed by atoms with Crippen molar-refractivity contribution in [3.8, 4) is 0 Å². The van der Waals surface area contributed by atoms with E-state index in [9.17, 15) is 4.79 Å². The van der Waals surface area contributed by atoms with Crippen LogP contribution in [0.5, 0.6) is 0 Å². The fourth-order valence-electron chi connectivity index (χ4n) is 3.89. The average molecular weight is 254 g/mol. The van der Waals surface area contributed by atoms with Crippen molar-refractivity contribution in [1.29, 1.82) is 0 Å². The van der Waals surface area contributed by atoms with Crippen LogP contribution >= 0.6 is 11.6 Å².